The normalized spacial score (nSPS) is 16.2. The summed E-state index contributed by atoms with van der Waals surface area (Å²) in [5, 5.41) is 1.72. The fourth-order valence-electron chi connectivity index (χ4n) is 1.97. The van der Waals surface area contributed by atoms with Crippen LogP contribution in [0.2, 0.25) is 0 Å². The van der Waals surface area contributed by atoms with Gasteiger partial charge in [-0.05, 0) is 39.5 Å². The molecule has 1 aromatic carbocycles. The van der Waals surface area contributed by atoms with Gasteiger partial charge in [-0.1, -0.05) is 12.1 Å². The van der Waals surface area contributed by atoms with Crippen LogP contribution in [0.5, 0.6) is 0 Å². The van der Waals surface area contributed by atoms with Gasteiger partial charge >= 0.3 is 0 Å². The summed E-state index contributed by atoms with van der Waals surface area (Å²) in [6.45, 7) is 1.09. The highest BCUT2D eigenvalue weighted by molar-refractivity contribution is 9.10. The number of nitrogens with one attached hydrogen (secondary N) is 1. The maximum Gasteiger partial charge on any atom is 0.272 e. The molecule has 21 heavy (non-hydrogen) atoms. The summed E-state index contributed by atoms with van der Waals surface area (Å²) in [7, 11) is -3.60. The summed E-state index contributed by atoms with van der Waals surface area (Å²) in [6.07, 6.45) is -0.428. The minimum absolute atomic E-state index is 0.251. The first-order valence-electron chi connectivity index (χ1n) is 6.15. The number of ether oxygens (including phenoxy) is 2. The van der Waals surface area contributed by atoms with Crippen LogP contribution in [-0.2, 0) is 19.5 Å². The van der Waals surface area contributed by atoms with Gasteiger partial charge < -0.3 is 9.47 Å². The van der Waals surface area contributed by atoms with Gasteiger partial charge in [0.2, 0.25) is 0 Å². The highest BCUT2D eigenvalue weighted by Gasteiger charge is 2.21. The van der Waals surface area contributed by atoms with E-state index in [2.05, 4.69) is 20.7 Å². The van der Waals surface area contributed by atoms with Gasteiger partial charge in [-0.2, -0.15) is 0 Å². The van der Waals surface area contributed by atoms with E-state index in [1.165, 1.54) is 0 Å². The number of benzene rings is 1. The number of anilines is 1. The number of sulfonamides is 1. The Labute approximate surface area is 135 Å². The Morgan fingerprint density at radius 3 is 2.67 bits per heavy atom. The molecule has 1 aliphatic heterocycles. The Balaban J connectivity index is 1.85. The molecule has 1 aromatic heterocycles. The van der Waals surface area contributed by atoms with Crippen molar-refractivity contribution < 1.29 is 17.9 Å². The van der Waals surface area contributed by atoms with Crippen molar-refractivity contribution >= 4 is 43.0 Å². The molecule has 0 amide bonds. The monoisotopic (exact) mass is 389 g/mol. The average Bonchev–Trinajstić information content (AvgIpc) is 3.09. The van der Waals surface area contributed by atoms with E-state index in [9.17, 15) is 8.42 Å². The second-order valence-electron chi connectivity index (χ2n) is 4.36. The maximum absolute atomic E-state index is 12.3. The largest absolute Gasteiger partial charge is 0.346 e. The quantitative estimate of drug-likeness (QED) is 0.870. The third-order valence-electron chi connectivity index (χ3n) is 2.86. The highest BCUT2D eigenvalue weighted by Crippen LogP contribution is 2.30. The lowest BCUT2D eigenvalue weighted by Crippen LogP contribution is -2.12. The predicted molar refractivity (Wildman–Crippen MR) is 83.9 cm³/mol. The van der Waals surface area contributed by atoms with E-state index in [4.69, 9.17) is 9.47 Å². The molecular formula is C13H12BrNO4S2. The zero-order valence-electron chi connectivity index (χ0n) is 10.8. The van der Waals surface area contributed by atoms with E-state index >= 15 is 0 Å². The summed E-state index contributed by atoms with van der Waals surface area (Å²) in [6, 6.07) is 8.72. The average molecular weight is 390 g/mol. The summed E-state index contributed by atoms with van der Waals surface area (Å²) in [4.78, 5) is 0. The van der Waals surface area contributed by atoms with E-state index in [1.807, 2.05) is 6.07 Å². The van der Waals surface area contributed by atoms with Gasteiger partial charge in [-0.15, -0.1) is 11.3 Å². The first kappa shape index (κ1) is 15.0. The van der Waals surface area contributed by atoms with E-state index in [1.54, 1.807) is 29.6 Å². The van der Waals surface area contributed by atoms with Crippen molar-refractivity contribution in [1.82, 2.24) is 0 Å². The van der Waals surface area contributed by atoms with Crippen LogP contribution in [-0.4, -0.2) is 21.6 Å². The van der Waals surface area contributed by atoms with Gasteiger partial charge in [0.15, 0.2) is 10.5 Å². The minimum Gasteiger partial charge on any atom is -0.346 e. The third-order valence-corrected chi connectivity index (χ3v) is 6.91. The fraction of sp³-hybridized carbons (Fsp3) is 0.231. The van der Waals surface area contributed by atoms with Crippen molar-refractivity contribution in [1.29, 1.82) is 0 Å². The predicted octanol–water partition coefficient (Wildman–Crippen LogP) is 3.36. The SMILES string of the molecule is O=S(=O)(Nc1cccc(C2OCCO2)c1)c1sccc1Br. The van der Waals surface area contributed by atoms with Crippen LogP contribution in [0.25, 0.3) is 0 Å². The molecule has 0 aliphatic carbocycles. The van der Waals surface area contributed by atoms with Crippen LogP contribution >= 0.6 is 27.3 Å². The zero-order valence-corrected chi connectivity index (χ0v) is 14.0. The van der Waals surface area contributed by atoms with E-state index in [0.29, 0.717) is 23.4 Å². The number of hydrogen-bond donors (Lipinski definition) is 1. The van der Waals surface area contributed by atoms with Crippen molar-refractivity contribution in [2.24, 2.45) is 0 Å². The Morgan fingerprint density at radius 1 is 1.24 bits per heavy atom. The van der Waals surface area contributed by atoms with Gasteiger partial charge in [0.05, 0.1) is 13.2 Å². The number of halogens is 1. The van der Waals surface area contributed by atoms with E-state index in [-0.39, 0.29) is 4.21 Å². The minimum atomic E-state index is -3.60. The lowest BCUT2D eigenvalue weighted by Gasteiger charge is -2.12. The molecule has 3 rings (SSSR count). The Kier molecular flexibility index (Phi) is 4.32. The third kappa shape index (κ3) is 3.29. The van der Waals surface area contributed by atoms with Crippen molar-refractivity contribution in [3.05, 3.63) is 45.7 Å². The lowest BCUT2D eigenvalue weighted by molar-refractivity contribution is -0.0440. The van der Waals surface area contributed by atoms with Gasteiger partial charge in [0, 0.05) is 15.7 Å². The molecule has 1 saturated heterocycles. The van der Waals surface area contributed by atoms with Crippen molar-refractivity contribution in [2.45, 2.75) is 10.5 Å². The first-order chi connectivity index (χ1) is 10.1. The van der Waals surface area contributed by atoms with Crippen LogP contribution in [0, 0.1) is 0 Å². The van der Waals surface area contributed by atoms with Crippen molar-refractivity contribution in [2.75, 3.05) is 17.9 Å². The molecule has 2 aromatic rings. The zero-order chi connectivity index (χ0) is 14.9. The Morgan fingerprint density at radius 2 is 2.00 bits per heavy atom. The molecule has 0 atom stereocenters. The molecule has 0 bridgehead atoms. The number of hydrogen-bond acceptors (Lipinski definition) is 5. The van der Waals surface area contributed by atoms with E-state index in [0.717, 1.165) is 16.9 Å². The smallest absolute Gasteiger partial charge is 0.272 e. The van der Waals surface area contributed by atoms with Crippen LogP contribution in [0.4, 0.5) is 5.69 Å². The molecule has 8 heteroatoms. The van der Waals surface area contributed by atoms with Gasteiger partial charge in [0.25, 0.3) is 10.0 Å². The van der Waals surface area contributed by atoms with E-state index < -0.39 is 16.3 Å². The second kappa shape index (κ2) is 6.05. The number of rotatable bonds is 4. The van der Waals surface area contributed by atoms with Crippen molar-refractivity contribution in [3.63, 3.8) is 0 Å². The Hall–Kier alpha value is -0.930. The van der Waals surface area contributed by atoms with Crippen LogP contribution in [0.3, 0.4) is 0 Å². The first-order valence-corrected chi connectivity index (χ1v) is 9.31. The highest BCUT2D eigenvalue weighted by atomic mass is 79.9. The molecule has 5 nitrogen and oxygen atoms in total. The standard InChI is InChI=1S/C13H12BrNO4S2/c14-11-4-7-20-13(11)21(16,17)15-10-3-1-2-9(8-10)12-18-5-6-19-12/h1-4,7-8,12,15H,5-6H2. The topological polar surface area (TPSA) is 64.6 Å². The summed E-state index contributed by atoms with van der Waals surface area (Å²) in [5.74, 6) is 0. The van der Waals surface area contributed by atoms with Gasteiger partial charge in [0.1, 0.15) is 0 Å². The molecule has 0 saturated carbocycles. The molecule has 112 valence electrons. The van der Waals surface area contributed by atoms with Crippen LogP contribution in [0.1, 0.15) is 11.9 Å². The molecule has 1 fully saturated rings. The molecule has 0 radical (unpaired) electrons. The molecule has 1 N–H and O–H groups in total. The van der Waals surface area contributed by atoms with Crippen molar-refractivity contribution in [3.8, 4) is 0 Å². The lowest BCUT2D eigenvalue weighted by atomic mass is 10.2. The molecule has 2 heterocycles. The molecule has 1 aliphatic rings. The summed E-state index contributed by atoms with van der Waals surface area (Å²) < 4.78 is 38.8. The van der Waals surface area contributed by atoms with Crippen LogP contribution in [0.15, 0.2) is 44.4 Å². The van der Waals surface area contributed by atoms with Gasteiger partial charge in [-0.25, -0.2) is 8.42 Å². The molecule has 0 unspecified atom stereocenters. The summed E-state index contributed by atoms with van der Waals surface area (Å²) in [5.41, 5.74) is 1.27. The van der Waals surface area contributed by atoms with Gasteiger partial charge in [-0.3, -0.25) is 4.72 Å². The Bertz CT molecular complexity index is 738. The molecule has 0 spiro atoms. The fourth-order valence-corrected chi connectivity index (χ4v) is 5.36. The second-order valence-corrected chi connectivity index (χ2v) is 8.01. The molecular weight excluding hydrogens is 378 g/mol. The summed E-state index contributed by atoms with van der Waals surface area (Å²) >= 11 is 4.39. The maximum atomic E-state index is 12.3. The number of thiophene rings is 1. The van der Waals surface area contributed by atoms with Crippen LogP contribution < -0.4 is 4.72 Å².